The molecule has 0 N–H and O–H groups in total. The lowest BCUT2D eigenvalue weighted by molar-refractivity contribution is -0.385. The predicted octanol–water partition coefficient (Wildman–Crippen LogP) is 1.54. The van der Waals surface area contributed by atoms with Crippen molar-refractivity contribution in [2.75, 3.05) is 39.6 Å². The van der Waals surface area contributed by atoms with Crippen molar-refractivity contribution >= 4 is 45.2 Å². The zero-order chi connectivity index (χ0) is 21.0. The van der Waals surface area contributed by atoms with E-state index in [4.69, 9.17) is 9.47 Å². The van der Waals surface area contributed by atoms with Crippen LogP contribution >= 0.6 is 15.9 Å². The monoisotopic (exact) mass is 458 g/mol. The van der Waals surface area contributed by atoms with E-state index < -0.39 is 28.5 Å². The van der Waals surface area contributed by atoms with Gasteiger partial charge in [0.25, 0.3) is 5.69 Å². The molecule has 12 heteroatoms. The van der Waals surface area contributed by atoms with Crippen molar-refractivity contribution < 1.29 is 38.3 Å². The van der Waals surface area contributed by atoms with E-state index in [1.54, 1.807) is 0 Å². The van der Waals surface area contributed by atoms with Gasteiger partial charge < -0.3 is 23.8 Å². The van der Waals surface area contributed by atoms with Gasteiger partial charge in [-0.05, 0) is 22.0 Å². The molecule has 1 aliphatic rings. The zero-order valence-corrected chi connectivity index (χ0v) is 16.6. The molecule has 2 rings (SSSR count). The summed E-state index contributed by atoms with van der Waals surface area (Å²) in [6.45, 7) is -0.399. The van der Waals surface area contributed by atoms with Crippen LogP contribution in [0.15, 0.2) is 27.9 Å². The van der Waals surface area contributed by atoms with E-state index in [1.807, 2.05) is 0 Å². The molecular formula is C16H15BrN2O9. The molecule has 0 aromatic heterocycles. The van der Waals surface area contributed by atoms with Crippen LogP contribution in [0.2, 0.25) is 0 Å². The normalized spacial score (nSPS) is 13.8. The van der Waals surface area contributed by atoms with E-state index in [-0.39, 0.29) is 40.3 Å². The van der Waals surface area contributed by atoms with E-state index in [9.17, 15) is 24.5 Å². The number of methoxy groups -OCH3 is 3. The summed E-state index contributed by atoms with van der Waals surface area (Å²) in [5.74, 6) is -2.61. The Kier molecular flexibility index (Phi) is 6.70. The summed E-state index contributed by atoms with van der Waals surface area (Å²) in [4.78, 5) is 48.2. The Hall–Kier alpha value is -2.99. The Morgan fingerprint density at radius 3 is 2.25 bits per heavy atom. The van der Waals surface area contributed by atoms with E-state index in [2.05, 4.69) is 25.4 Å². The number of carbonyl (C=O) groups excluding carboxylic acids is 3. The van der Waals surface area contributed by atoms with Crippen LogP contribution in [0.3, 0.4) is 0 Å². The molecule has 11 nitrogen and oxygen atoms in total. The van der Waals surface area contributed by atoms with Gasteiger partial charge in [-0.25, -0.2) is 14.4 Å². The minimum Gasteiger partial charge on any atom is -0.466 e. The molecule has 0 fully saturated rings. The highest BCUT2D eigenvalue weighted by atomic mass is 79.9. The molecule has 0 spiro atoms. The number of ether oxygens (including phenoxy) is 4. The topological polar surface area (TPSA) is 135 Å². The SMILES string of the molecule is COC(=O)C1=C(C(=O)OC)N(c2cc(C(=O)OC)c([N+](=O)[O-])cc2Br)COC1. The van der Waals surface area contributed by atoms with Crippen LogP contribution in [-0.2, 0) is 28.5 Å². The van der Waals surface area contributed by atoms with Gasteiger partial charge in [0.05, 0.1) is 44.1 Å². The number of rotatable bonds is 5. The predicted molar refractivity (Wildman–Crippen MR) is 96.5 cm³/mol. The number of nitro benzene ring substituents is 1. The first-order chi connectivity index (χ1) is 13.3. The second kappa shape index (κ2) is 8.80. The van der Waals surface area contributed by atoms with Crippen molar-refractivity contribution in [3.05, 3.63) is 43.6 Å². The summed E-state index contributed by atoms with van der Waals surface area (Å²) in [6, 6.07) is 2.24. The molecular weight excluding hydrogens is 444 g/mol. The van der Waals surface area contributed by atoms with Crippen molar-refractivity contribution in [2.24, 2.45) is 0 Å². The fourth-order valence-corrected chi connectivity index (χ4v) is 3.06. The summed E-state index contributed by atoms with van der Waals surface area (Å²) in [6.07, 6.45) is 0. The molecule has 0 saturated heterocycles. The third kappa shape index (κ3) is 3.97. The van der Waals surface area contributed by atoms with Gasteiger partial charge in [0.1, 0.15) is 18.0 Å². The molecule has 0 aliphatic carbocycles. The Balaban J connectivity index is 2.73. The molecule has 1 aromatic rings. The maximum atomic E-state index is 12.3. The summed E-state index contributed by atoms with van der Waals surface area (Å²) in [5.41, 5.74) is -0.985. The molecule has 0 unspecified atom stereocenters. The summed E-state index contributed by atoms with van der Waals surface area (Å²) in [7, 11) is 3.34. The molecule has 0 bridgehead atoms. The van der Waals surface area contributed by atoms with Crippen molar-refractivity contribution in [3.8, 4) is 0 Å². The number of benzene rings is 1. The summed E-state index contributed by atoms with van der Waals surface area (Å²) < 4.78 is 19.5. The summed E-state index contributed by atoms with van der Waals surface area (Å²) >= 11 is 3.18. The number of anilines is 1. The quantitative estimate of drug-likeness (QED) is 0.276. The number of carbonyl (C=O) groups is 3. The maximum Gasteiger partial charge on any atom is 0.355 e. The summed E-state index contributed by atoms with van der Waals surface area (Å²) in [5, 5.41) is 11.3. The van der Waals surface area contributed by atoms with Gasteiger partial charge >= 0.3 is 17.9 Å². The Labute approximate surface area is 167 Å². The first kappa shape index (κ1) is 21.3. The first-order valence-corrected chi connectivity index (χ1v) is 8.37. The van der Waals surface area contributed by atoms with Crippen LogP contribution in [0.1, 0.15) is 10.4 Å². The highest BCUT2D eigenvalue weighted by Gasteiger charge is 2.35. The third-order valence-corrected chi connectivity index (χ3v) is 4.43. The highest BCUT2D eigenvalue weighted by molar-refractivity contribution is 9.10. The van der Waals surface area contributed by atoms with E-state index in [0.717, 1.165) is 33.5 Å². The molecule has 150 valence electrons. The van der Waals surface area contributed by atoms with Crippen LogP contribution in [0.5, 0.6) is 0 Å². The van der Waals surface area contributed by atoms with Gasteiger partial charge in [-0.3, -0.25) is 10.1 Å². The fraction of sp³-hybridized carbons (Fsp3) is 0.312. The Morgan fingerprint density at radius 1 is 1.11 bits per heavy atom. The second-order valence-corrected chi connectivity index (χ2v) is 6.14. The minimum absolute atomic E-state index is 0.106. The molecule has 0 saturated carbocycles. The number of hydrogen-bond donors (Lipinski definition) is 0. The molecule has 1 heterocycles. The third-order valence-electron chi connectivity index (χ3n) is 3.79. The van der Waals surface area contributed by atoms with Gasteiger partial charge in [-0.15, -0.1) is 0 Å². The first-order valence-electron chi connectivity index (χ1n) is 7.58. The lowest BCUT2D eigenvalue weighted by Gasteiger charge is -2.32. The molecule has 0 radical (unpaired) electrons. The standard InChI is InChI=1S/C16H15BrN2O9/c1-25-14(20)8-4-12(10(17)5-11(8)19(23)24)18-7-28-6-9(15(21)26-2)13(18)16(22)27-3/h4-5H,6-7H2,1-3H3. The van der Waals surface area contributed by atoms with Crippen LogP contribution < -0.4 is 4.90 Å². The molecule has 0 atom stereocenters. The molecule has 0 amide bonds. The second-order valence-electron chi connectivity index (χ2n) is 5.29. The van der Waals surface area contributed by atoms with Gasteiger partial charge in [-0.1, -0.05) is 0 Å². The molecule has 28 heavy (non-hydrogen) atoms. The van der Waals surface area contributed by atoms with Crippen LogP contribution in [0.25, 0.3) is 0 Å². The van der Waals surface area contributed by atoms with Crippen LogP contribution in [0, 0.1) is 10.1 Å². The molecule has 1 aliphatic heterocycles. The van der Waals surface area contributed by atoms with Gasteiger partial charge in [0, 0.05) is 10.5 Å². The minimum atomic E-state index is -0.949. The van der Waals surface area contributed by atoms with Crippen molar-refractivity contribution in [1.82, 2.24) is 0 Å². The fourth-order valence-electron chi connectivity index (χ4n) is 2.52. The Bertz CT molecular complexity index is 881. The lowest BCUT2D eigenvalue weighted by atomic mass is 10.1. The lowest BCUT2D eigenvalue weighted by Crippen LogP contribution is -2.39. The van der Waals surface area contributed by atoms with Crippen molar-refractivity contribution in [3.63, 3.8) is 0 Å². The zero-order valence-electron chi connectivity index (χ0n) is 15.0. The largest absolute Gasteiger partial charge is 0.466 e. The number of halogens is 1. The average Bonchev–Trinajstić information content (AvgIpc) is 2.71. The van der Waals surface area contributed by atoms with Gasteiger partial charge in [0.15, 0.2) is 0 Å². The smallest absolute Gasteiger partial charge is 0.355 e. The van der Waals surface area contributed by atoms with E-state index in [1.165, 1.54) is 4.90 Å². The number of esters is 3. The van der Waals surface area contributed by atoms with Crippen molar-refractivity contribution in [1.29, 1.82) is 0 Å². The molecule has 1 aromatic carbocycles. The van der Waals surface area contributed by atoms with Crippen LogP contribution in [-0.4, -0.2) is 57.5 Å². The highest BCUT2D eigenvalue weighted by Crippen LogP contribution is 2.37. The van der Waals surface area contributed by atoms with E-state index >= 15 is 0 Å². The van der Waals surface area contributed by atoms with E-state index in [0.29, 0.717) is 0 Å². The average molecular weight is 459 g/mol. The number of nitrogens with zero attached hydrogens (tertiary/aromatic N) is 2. The Morgan fingerprint density at radius 2 is 1.71 bits per heavy atom. The number of nitro groups is 1. The maximum absolute atomic E-state index is 12.3. The van der Waals surface area contributed by atoms with Gasteiger partial charge in [0.2, 0.25) is 0 Å². The number of hydrogen-bond acceptors (Lipinski definition) is 10. The van der Waals surface area contributed by atoms with Crippen LogP contribution in [0.4, 0.5) is 11.4 Å². The van der Waals surface area contributed by atoms with Gasteiger partial charge in [-0.2, -0.15) is 0 Å². The van der Waals surface area contributed by atoms with Crippen molar-refractivity contribution in [2.45, 2.75) is 0 Å².